The second-order valence-electron chi connectivity index (χ2n) is 5.55. The Labute approximate surface area is 164 Å². The average molecular weight is 382 g/mol. The number of hydrogen-bond acceptors (Lipinski definition) is 6. The van der Waals surface area contributed by atoms with Crippen molar-refractivity contribution in [2.45, 2.75) is 0 Å². The van der Waals surface area contributed by atoms with Crippen molar-refractivity contribution in [1.82, 2.24) is 0 Å². The molecule has 0 heterocycles. The molecule has 0 spiro atoms. The summed E-state index contributed by atoms with van der Waals surface area (Å²) < 4.78 is 20.1. The van der Waals surface area contributed by atoms with E-state index in [1.807, 2.05) is 24.3 Å². The molecule has 0 bridgehead atoms. The highest BCUT2D eigenvalue weighted by Gasteiger charge is 2.01. The molecule has 0 aliphatic heterocycles. The highest BCUT2D eigenvalue weighted by Crippen LogP contribution is 2.13. The van der Waals surface area contributed by atoms with Crippen molar-refractivity contribution in [3.05, 3.63) is 71.8 Å². The second kappa shape index (κ2) is 11.2. The maximum absolute atomic E-state index is 11.6. The predicted octanol–water partition coefficient (Wildman–Crippen LogP) is 3.52. The van der Waals surface area contributed by atoms with E-state index in [2.05, 4.69) is 0 Å². The standard InChI is InChI=1S/C22H22O6/c1-25-19-9-3-17(4-10-19)7-13-21(23)27-15-16-28-22(24)14-8-18-5-11-20(26-2)12-6-18/h3-14H,15-16H2,1-2H3. The first-order valence-corrected chi connectivity index (χ1v) is 8.58. The fraction of sp³-hybridized carbons (Fsp3) is 0.182. The maximum atomic E-state index is 11.6. The van der Waals surface area contributed by atoms with Gasteiger partial charge in [0.2, 0.25) is 0 Å². The first-order chi connectivity index (χ1) is 13.6. The fourth-order valence-corrected chi connectivity index (χ4v) is 2.14. The molecule has 28 heavy (non-hydrogen) atoms. The smallest absolute Gasteiger partial charge is 0.330 e. The van der Waals surface area contributed by atoms with Gasteiger partial charge in [-0.1, -0.05) is 24.3 Å². The number of carbonyl (C=O) groups excluding carboxylic acids is 2. The van der Waals surface area contributed by atoms with Gasteiger partial charge in [-0.15, -0.1) is 0 Å². The molecule has 2 rings (SSSR count). The molecule has 2 aromatic carbocycles. The molecule has 0 fully saturated rings. The summed E-state index contributed by atoms with van der Waals surface area (Å²) in [4.78, 5) is 23.3. The summed E-state index contributed by atoms with van der Waals surface area (Å²) in [5, 5.41) is 0. The van der Waals surface area contributed by atoms with Crippen LogP contribution in [0.4, 0.5) is 0 Å². The molecule has 0 aromatic heterocycles. The second-order valence-corrected chi connectivity index (χ2v) is 5.55. The van der Waals surface area contributed by atoms with E-state index >= 15 is 0 Å². The van der Waals surface area contributed by atoms with Gasteiger partial charge in [0.25, 0.3) is 0 Å². The lowest BCUT2D eigenvalue weighted by molar-refractivity contribution is -0.145. The molecule has 6 heteroatoms. The summed E-state index contributed by atoms with van der Waals surface area (Å²) in [6.07, 6.45) is 5.89. The van der Waals surface area contributed by atoms with E-state index in [4.69, 9.17) is 18.9 Å². The molecule has 2 aromatic rings. The summed E-state index contributed by atoms with van der Waals surface area (Å²) in [5.74, 6) is 0.450. The van der Waals surface area contributed by atoms with E-state index in [0.29, 0.717) is 0 Å². The van der Waals surface area contributed by atoms with Crippen molar-refractivity contribution in [3.8, 4) is 11.5 Å². The topological polar surface area (TPSA) is 71.1 Å². The number of rotatable bonds is 9. The molecule has 0 N–H and O–H groups in total. The fourth-order valence-electron chi connectivity index (χ4n) is 2.14. The number of hydrogen-bond donors (Lipinski definition) is 0. The summed E-state index contributed by atoms with van der Waals surface area (Å²) in [7, 11) is 3.17. The molecular weight excluding hydrogens is 360 g/mol. The van der Waals surface area contributed by atoms with Crippen molar-refractivity contribution in [2.24, 2.45) is 0 Å². The monoisotopic (exact) mass is 382 g/mol. The highest BCUT2D eigenvalue weighted by molar-refractivity contribution is 5.87. The Morgan fingerprint density at radius 3 is 1.36 bits per heavy atom. The first kappa shape index (κ1) is 20.8. The van der Waals surface area contributed by atoms with E-state index in [9.17, 15) is 9.59 Å². The Morgan fingerprint density at radius 2 is 1.04 bits per heavy atom. The summed E-state index contributed by atoms with van der Waals surface area (Å²) >= 11 is 0. The third-order valence-corrected chi connectivity index (χ3v) is 3.63. The molecule has 146 valence electrons. The van der Waals surface area contributed by atoms with Crippen LogP contribution in [0, 0.1) is 0 Å². The van der Waals surface area contributed by atoms with Crippen LogP contribution in [0.1, 0.15) is 11.1 Å². The van der Waals surface area contributed by atoms with Crippen LogP contribution in [-0.2, 0) is 19.1 Å². The zero-order valence-corrected chi connectivity index (χ0v) is 15.8. The molecule has 6 nitrogen and oxygen atoms in total. The zero-order chi connectivity index (χ0) is 20.2. The van der Waals surface area contributed by atoms with Crippen LogP contribution < -0.4 is 9.47 Å². The van der Waals surface area contributed by atoms with Gasteiger partial charge in [0, 0.05) is 12.2 Å². The van der Waals surface area contributed by atoms with Gasteiger partial charge in [-0.2, -0.15) is 0 Å². The highest BCUT2D eigenvalue weighted by atomic mass is 16.6. The van der Waals surface area contributed by atoms with Crippen molar-refractivity contribution < 1.29 is 28.5 Å². The van der Waals surface area contributed by atoms with Gasteiger partial charge in [-0.3, -0.25) is 0 Å². The number of methoxy groups -OCH3 is 2. The third-order valence-electron chi connectivity index (χ3n) is 3.63. The molecule has 0 saturated carbocycles. The summed E-state index contributed by atoms with van der Waals surface area (Å²) in [6.45, 7) is -0.0399. The molecule has 0 amide bonds. The Hall–Kier alpha value is -3.54. The Kier molecular flexibility index (Phi) is 8.33. The maximum Gasteiger partial charge on any atom is 0.330 e. The van der Waals surface area contributed by atoms with Crippen molar-refractivity contribution in [3.63, 3.8) is 0 Å². The lowest BCUT2D eigenvalue weighted by Crippen LogP contribution is -2.11. The lowest BCUT2D eigenvalue weighted by Gasteiger charge is -2.03. The zero-order valence-electron chi connectivity index (χ0n) is 15.8. The largest absolute Gasteiger partial charge is 0.497 e. The van der Waals surface area contributed by atoms with E-state index in [1.165, 1.54) is 12.2 Å². The Balaban J connectivity index is 1.66. The number of carbonyl (C=O) groups is 2. The van der Waals surface area contributed by atoms with Gasteiger partial charge >= 0.3 is 11.9 Å². The minimum atomic E-state index is -0.513. The van der Waals surface area contributed by atoms with Gasteiger partial charge in [0.1, 0.15) is 24.7 Å². The molecule has 0 radical (unpaired) electrons. The van der Waals surface area contributed by atoms with Crippen molar-refractivity contribution >= 4 is 24.1 Å². The van der Waals surface area contributed by atoms with Crippen molar-refractivity contribution in [1.29, 1.82) is 0 Å². The lowest BCUT2D eigenvalue weighted by atomic mass is 10.2. The Bertz CT molecular complexity index is 748. The number of esters is 2. The van der Waals surface area contributed by atoms with Crippen LogP contribution in [-0.4, -0.2) is 39.4 Å². The van der Waals surface area contributed by atoms with Crippen LogP contribution in [0.25, 0.3) is 12.2 Å². The normalized spacial score (nSPS) is 10.8. The molecule has 0 aliphatic carbocycles. The van der Waals surface area contributed by atoms with Crippen LogP contribution in [0.15, 0.2) is 60.7 Å². The van der Waals surface area contributed by atoms with Gasteiger partial charge in [0.05, 0.1) is 14.2 Å². The van der Waals surface area contributed by atoms with Gasteiger partial charge in [-0.05, 0) is 47.5 Å². The van der Waals surface area contributed by atoms with E-state index in [0.717, 1.165) is 22.6 Å². The minimum absolute atomic E-state index is 0.0199. The molecular formula is C22H22O6. The van der Waals surface area contributed by atoms with Gasteiger partial charge in [0.15, 0.2) is 0 Å². The first-order valence-electron chi connectivity index (χ1n) is 8.58. The molecule has 0 aliphatic rings. The molecule has 0 atom stereocenters. The number of benzene rings is 2. The number of ether oxygens (including phenoxy) is 4. The van der Waals surface area contributed by atoms with E-state index in [1.54, 1.807) is 50.6 Å². The minimum Gasteiger partial charge on any atom is -0.497 e. The van der Waals surface area contributed by atoms with Crippen molar-refractivity contribution in [2.75, 3.05) is 27.4 Å². The summed E-state index contributed by atoms with van der Waals surface area (Å²) in [6, 6.07) is 14.5. The van der Waals surface area contributed by atoms with E-state index in [-0.39, 0.29) is 13.2 Å². The predicted molar refractivity (Wildman–Crippen MR) is 106 cm³/mol. The van der Waals surface area contributed by atoms with Gasteiger partial charge < -0.3 is 18.9 Å². The van der Waals surface area contributed by atoms with E-state index < -0.39 is 11.9 Å². The summed E-state index contributed by atoms with van der Waals surface area (Å²) in [5.41, 5.74) is 1.68. The molecule has 0 saturated heterocycles. The van der Waals surface area contributed by atoms with Crippen LogP contribution in [0.5, 0.6) is 11.5 Å². The Morgan fingerprint density at radius 1 is 0.679 bits per heavy atom. The molecule has 0 unspecified atom stereocenters. The van der Waals surface area contributed by atoms with Crippen LogP contribution in [0.3, 0.4) is 0 Å². The van der Waals surface area contributed by atoms with Crippen LogP contribution >= 0.6 is 0 Å². The van der Waals surface area contributed by atoms with Crippen LogP contribution in [0.2, 0.25) is 0 Å². The SMILES string of the molecule is COc1ccc(C=CC(=O)OCCOC(=O)C=Cc2ccc(OC)cc2)cc1. The quantitative estimate of drug-likeness (QED) is 0.375. The third kappa shape index (κ3) is 7.37. The average Bonchev–Trinajstić information content (AvgIpc) is 2.74. The van der Waals surface area contributed by atoms with Gasteiger partial charge in [-0.25, -0.2) is 9.59 Å².